The summed E-state index contributed by atoms with van der Waals surface area (Å²) in [4.78, 5) is 18.8. The third-order valence-corrected chi connectivity index (χ3v) is 4.76. The zero-order valence-electron chi connectivity index (χ0n) is 14.9. The van der Waals surface area contributed by atoms with Crippen LogP contribution in [0, 0.1) is 13.8 Å². The van der Waals surface area contributed by atoms with Crippen LogP contribution in [0.3, 0.4) is 0 Å². The second-order valence-electron chi connectivity index (χ2n) is 6.87. The number of hydrogen-bond acceptors (Lipinski definition) is 3. The van der Waals surface area contributed by atoms with E-state index < -0.39 is 5.92 Å². The average molecular weight is 350 g/mol. The third kappa shape index (κ3) is 3.81. The van der Waals surface area contributed by atoms with Crippen molar-refractivity contribution in [1.82, 2.24) is 19.6 Å². The molecule has 1 fully saturated rings. The summed E-state index contributed by atoms with van der Waals surface area (Å²) in [6.45, 7) is 6.14. The number of fused-ring (bicyclic) bond motifs is 1. The quantitative estimate of drug-likeness (QED) is 0.902. The van der Waals surface area contributed by atoms with E-state index >= 15 is 0 Å². The fourth-order valence-corrected chi connectivity index (χ4v) is 3.37. The molecule has 1 aliphatic rings. The molecule has 0 aliphatic carbocycles. The molecule has 0 aromatic carbocycles. The smallest absolute Gasteiger partial charge is 0.260 e. The summed E-state index contributed by atoms with van der Waals surface area (Å²) in [5, 5.41) is 2.97. The van der Waals surface area contributed by atoms with Crippen molar-refractivity contribution in [1.29, 1.82) is 0 Å². The van der Waals surface area contributed by atoms with Gasteiger partial charge in [0.25, 0.3) is 11.8 Å². The van der Waals surface area contributed by atoms with Gasteiger partial charge in [0.2, 0.25) is 0 Å². The van der Waals surface area contributed by atoms with E-state index in [1.54, 1.807) is 11.0 Å². The molecule has 0 bridgehead atoms. The molecule has 25 heavy (non-hydrogen) atoms. The van der Waals surface area contributed by atoms with Crippen molar-refractivity contribution in [3.63, 3.8) is 0 Å². The van der Waals surface area contributed by atoms with Gasteiger partial charge in [-0.15, -0.1) is 0 Å². The highest BCUT2D eigenvalue weighted by molar-refractivity contribution is 6.00. The number of hydrogen-bond donors (Lipinski definition) is 1. The Labute approximate surface area is 146 Å². The number of likely N-dealkylation sites (tertiary alicyclic amines) is 1. The van der Waals surface area contributed by atoms with Crippen molar-refractivity contribution in [3.05, 3.63) is 35.3 Å². The second-order valence-corrected chi connectivity index (χ2v) is 6.87. The van der Waals surface area contributed by atoms with Crippen LogP contribution < -0.4 is 5.32 Å². The predicted octanol–water partition coefficient (Wildman–Crippen LogP) is 2.80. The molecule has 3 rings (SSSR count). The van der Waals surface area contributed by atoms with Gasteiger partial charge in [0, 0.05) is 43.1 Å². The first-order valence-electron chi connectivity index (χ1n) is 8.65. The minimum absolute atomic E-state index is 0.110. The molecule has 0 saturated carbocycles. The first-order chi connectivity index (χ1) is 11.8. The number of carbonyl (C=O) groups excluding carboxylic acids is 1. The molecule has 2 aromatic rings. The molecule has 0 radical (unpaired) electrons. The molecule has 3 heterocycles. The van der Waals surface area contributed by atoms with Crippen molar-refractivity contribution in [2.75, 3.05) is 19.6 Å². The van der Waals surface area contributed by atoms with E-state index in [9.17, 15) is 13.6 Å². The number of nitrogens with zero attached hydrogens (tertiary/aromatic N) is 3. The predicted molar refractivity (Wildman–Crippen MR) is 92.2 cm³/mol. The van der Waals surface area contributed by atoms with Crippen LogP contribution in [0.2, 0.25) is 0 Å². The zero-order valence-corrected chi connectivity index (χ0v) is 14.9. The summed E-state index contributed by atoms with van der Waals surface area (Å²) in [6.07, 6.45) is 2.35. The Morgan fingerprint density at radius 2 is 2.20 bits per heavy atom. The lowest BCUT2D eigenvalue weighted by Gasteiger charge is -2.22. The third-order valence-electron chi connectivity index (χ3n) is 4.76. The van der Waals surface area contributed by atoms with E-state index in [1.165, 1.54) is 6.92 Å². The van der Waals surface area contributed by atoms with Gasteiger partial charge in [-0.1, -0.05) is 6.92 Å². The topological polar surface area (TPSA) is 49.6 Å². The van der Waals surface area contributed by atoms with E-state index in [4.69, 9.17) is 0 Å². The van der Waals surface area contributed by atoms with Gasteiger partial charge in [-0.25, -0.2) is 13.8 Å². The summed E-state index contributed by atoms with van der Waals surface area (Å²) in [7, 11) is 0. The Kier molecular flexibility index (Phi) is 4.77. The zero-order chi connectivity index (χ0) is 18.2. The van der Waals surface area contributed by atoms with Gasteiger partial charge < -0.3 is 9.72 Å². The van der Waals surface area contributed by atoms with E-state index in [0.29, 0.717) is 30.7 Å². The van der Waals surface area contributed by atoms with Crippen LogP contribution >= 0.6 is 0 Å². The van der Waals surface area contributed by atoms with E-state index in [0.717, 1.165) is 11.4 Å². The first-order valence-corrected chi connectivity index (χ1v) is 8.65. The number of alkyl halides is 2. The van der Waals surface area contributed by atoms with Gasteiger partial charge in [0.15, 0.2) is 0 Å². The lowest BCUT2D eigenvalue weighted by Crippen LogP contribution is -2.40. The Morgan fingerprint density at radius 3 is 2.92 bits per heavy atom. The molecule has 2 aromatic heterocycles. The van der Waals surface area contributed by atoms with Crippen LogP contribution in [0.15, 0.2) is 18.3 Å². The summed E-state index contributed by atoms with van der Waals surface area (Å²) < 4.78 is 28.9. The Balaban J connectivity index is 1.68. The fourth-order valence-electron chi connectivity index (χ4n) is 3.37. The van der Waals surface area contributed by atoms with Gasteiger partial charge in [0.1, 0.15) is 5.65 Å². The molecule has 1 amide bonds. The van der Waals surface area contributed by atoms with Crippen LogP contribution in [0.25, 0.3) is 5.65 Å². The van der Waals surface area contributed by atoms with E-state index in [1.807, 2.05) is 30.5 Å². The molecule has 7 heteroatoms. The van der Waals surface area contributed by atoms with Crippen LogP contribution in [0.4, 0.5) is 8.78 Å². The standard InChI is InChI=1S/C18H24F2N4O/c1-4-18(19,20)11-23-7-5-14(10-23)22-17(25)15-6-8-24-13(3)9-12(2)21-16(15)24/h6,8-9,14H,4-5,7,10-11H2,1-3H3,(H,22,25). The Hall–Kier alpha value is -2.02. The maximum Gasteiger partial charge on any atom is 0.260 e. The summed E-state index contributed by atoms with van der Waals surface area (Å²) in [6, 6.07) is 3.60. The number of amides is 1. The number of aromatic nitrogens is 2. The maximum absolute atomic E-state index is 13.5. The molecule has 5 nitrogen and oxygen atoms in total. The van der Waals surface area contributed by atoms with Crippen LogP contribution in [-0.2, 0) is 0 Å². The highest BCUT2D eigenvalue weighted by atomic mass is 19.3. The maximum atomic E-state index is 13.5. The van der Waals surface area contributed by atoms with Gasteiger partial charge >= 0.3 is 0 Å². The van der Waals surface area contributed by atoms with Crippen LogP contribution in [-0.4, -0.2) is 51.8 Å². The lowest BCUT2D eigenvalue weighted by molar-refractivity contribution is -0.0304. The highest BCUT2D eigenvalue weighted by Crippen LogP contribution is 2.22. The monoisotopic (exact) mass is 350 g/mol. The van der Waals surface area contributed by atoms with Gasteiger partial charge in [-0.3, -0.25) is 9.69 Å². The van der Waals surface area contributed by atoms with Crippen molar-refractivity contribution in [3.8, 4) is 0 Å². The number of nitrogens with one attached hydrogen (secondary N) is 1. The molecule has 1 atom stereocenters. The molecule has 1 N–H and O–H groups in total. The van der Waals surface area contributed by atoms with E-state index in [-0.39, 0.29) is 24.9 Å². The van der Waals surface area contributed by atoms with Gasteiger partial charge in [-0.05, 0) is 32.4 Å². The molecule has 1 unspecified atom stereocenters. The summed E-state index contributed by atoms with van der Waals surface area (Å²) >= 11 is 0. The van der Waals surface area contributed by atoms with Crippen molar-refractivity contribution in [2.24, 2.45) is 0 Å². The minimum Gasteiger partial charge on any atom is -0.348 e. The number of aryl methyl sites for hydroxylation is 2. The molecular formula is C18H24F2N4O. The molecule has 136 valence electrons. The lowest BCUT2D eigenvalue weighted by atomic mass is 10.2. The molecule has 0 spiro atoms. The number of halogens is 2. The summed E-state index contributed by atoms with van der Waals surface area (Å²) in [5.74, 6) is -2.87. The second kappa shape index (κ2) is 6.71. The number of carbonyl (C=O) groups is 1. The normalized spacial score (nSPS) is 18.8. The van der Waals surface area contributed by atoms with Crippen molar-refractivity contribution < 1.29 is 13.6 Å². The van der Waals surface area contributed by atoms with Gasteiger partial charge in [-0.2, -0.15) is 0 Å². The first kappa shape index (κ1) is 17.8. The van der Waals surface area contributed by atoms with Crippen molar-refractivity contribution in [2.45, 2.75) is 45.6 Å². The van der Waals surface area contributed by atoms with E-state index in [2.05, 4.69) is 10.3 Å². The van der Waals surface area contributed by atoms with Gasteiger partial charge in [0.05, 0.1) is 12.1 Å². The summed E-state index contributed by atoms with van der Waals surface area (Å²) in [5.41, 5.74) is 3.01. The van der Waals surface area contributed by atoms with Crippen LogP contribution in [0.1, 0.15) is 41.5 Å². The fraction of sp³-hybridized carbons (Fsp3) is 0.556. The molecular weight excluding hydrogens is 326 g/mol. The number of rotatable bonds is 5. The SMILES string of the molecule is CCC(F)(F)CN1CCC(NC(=O)c2ccn3c(C)cc(C)nc23)C1. The highest BCUT2D eigenvalue weighted by Gasteiger charge is 2.33. The van der Waals surface area contributed by atoms with Crippen LogP contribution in [0.5, 0.6) is 0 Å². The largest absolute Gasteiger partial charge is 0.348 e. The molecule has 1 aliphatic heterocycles. The minimum atomic E-state index is -2.67. The Morgan fingerprint density at radius 1 is 1.44 bits per heavy atom. The van der Waals surface area contributed by atoms with Crippen molar-refractivity contribution >= 4 is 11.6 Å². The Bertz CT molecular complexity index is 787. The average Bonchev–Trinajstić information content (AvgIpc) is 3.13. The molecule has 1 saturated heterocycles.